The lowest BCUT2D eigenvalue weighted by atomic mass is 10.2. The molecular weight excluding hydrogens is 136 g/mol. The highest BCUT2D eigenvalue weighted by molar-refractivity contribution is 5.89. The molecule has 0 aliphatic carbocycles. The predicted molar refractivity (Wildman–Crippen MR) is 49.2 cm³/mol. The fourth-order valence-electron chi connectivity index (χ4n) is 1.00. The van der Waals surface area contributed by atoms with E-state index in [2.05, 4.69) is 23.0 Å². The summed E-state index contributed by atoms with van der Waals surface area (Å²) in [6, 6.07) is 0. The molecule has 11 heavy (non-hydrogen) atoms. The van der Waals surface area contributed by atoms with E-state index < -0.39 is 0 Å². The van der Waals surface area contributed by atoms with E-state index in [0.717, 1.165) is 25.0 Å². The van der Waals surface area contributed by atoms with Crippen LogP contribution in [0.25, 0.3) is 0 Å². The van der Waals surface area contributed by atoms with Crippen molar-refractivity contribution in [2.24, 2.45) is 9.98 Å². The zero-order valence-electron chi connectivity index (χ0n) is 7.17. The van der Waals surface area contributed by atoms with Gasteiger partial charge in [-0.1, -0.05) is 13.0 Å². The quantitative estimate of drug-likeness (QED) is 0.549. The van der Waals surface area contributed by atoms with Crippen molar-refractivity contribution in [1.29, 1.82) is 0 Å². The minimum Gasteiger partial charge on any atom is -0.246 e. The monoisotopic (exact) mass is 150 g/mol. The molecule has 0 saturated heterocycles. The molecule has 0 fully saturated rings. The van der Waals surface area contributed by atoms with Crippen LogP contribution in [0.5, 0.6) is 0 Å². The molecule has 60 valence electrons. The van der Waals surface area contributed by atoms with Crippen molar-refractivity contribution in [2.75, 3.05) is 0 Å². The van der Waals surface area contributed by atoms with E-state index in [-0.39, 0.29) is 0 Å². The average molecular weight is 150 g/mol. The van der Waals surface area contributed by atoms with Gasteiger partial charge >= 0.3 is 0 Å². The summed E-state index contributed by atoms with van der Waals surface area (Å²) in [5, 5.41) is 0. The summed E-state index contributed by atoms with van der Waals surface area (Å²) in [6.45, 7) is 4.15. The van der Waals surface area contributed by atoms with Crippen molar-refractivity contribution in [3.63, 3.8) is 0 Å². The molecule has 1 rings (SSSR count). The van der Waals surface area contributed by atoms with E-state index in [4.69, 9.17) is 0 Å². The summed E-state index contributed by atoms with van der Waals surface area (Å²) in [6.07, 6.45) is 6.99. The highest BCUT2D eigenvalue weighted by Crippen LogP contribution is 2.07. The zero-order chi connectivity index (χ0) is 8.10. The molecule has 0 aromatic heterocycles. The van der Waals surface area contributed by atoms with Crippen LogP contribution >= 0.6 is 0 Å². The average Bonchev–Trinajstić information content (AvgIpc) is 1.96. The van der Waals surface area contributed by atoms with Gasteiger partial charge in [0.2, 0.25) is 0 Å². The summed E-state index contributed by atoms with van der Waals surface area (Å²) >= 11 is 0. The van der Waals surface area contributed by atoms with Crippen molar-refractivity contribution in [2.45, 2.75) is 33.1 Å². The molecule has 0 atom stereocenters. The molecule has 0 N–H and O–H groups in total. The zero-order valence-corrected chi connectivity index (χ0v) is 7.17. The second-order valence-electron chi connectivity index (χ2n) is 2.70. The van der Waals surface area contributed by atoms with Crippen molar-refractivity contribution in [3.05, 3.63) is 11.8 Å². The van der Waals surface area contributed by atoms with Crippen LogP contribution in [0.4, 0.5) is 0 Å². The lowest BCUT2D eigenvalue weighted by molar-refractivity contribution is 0.994. The van der Waals surface area contributed by atoms with Crippen LogP contribution in [0.1, 0.15) is 33.1 Å². The molecule has 0 bridgehead atoms. The third kappa shape index (κ3) is 2.66. The lowest BCUT2D eigenvalue weighted by Gasteiger charge is -2.01. The SMILES string of the molecule is CCC1=C/CC/C(C)=N/C=N\1. The molecule has 0 aromatic rings. The number of aliphatic imine (C=N–C) groups is 2. The predicted octanol–water partition coefficient (Wildman–Crippen LogP) is 2.56. The normalized spacial score (nSPS) is 30.7. The van der Waals surface area contributed by atoms with Gasteiger partial charge in [0.25, 0.3) is 0 Å². The molecule has 0 saturated carbocycles. The molecule has 1 aliphatic rings. The minimum atomic E-state index is 1.01. The smallest absolute Gasteiger partial charge is 0.115 e. The van der Waals surface area contributed by atoms with E-state index in [1.54, 1.807) is 6.34 Å². The third-order valence-corrected chi connectivity index (χ3v) is 1.75. The maximum Gasteiger partial charge on any atom is 0.115 e. The van der Waals surface area contributed by atoms with Gasteiger partial charge in [0.15, 0.2) is 0 Å². The van der Waals surface area contributed by atoms with Crippen LogP contribution in [-0.4, -0.2) is 12.1 Å². The number of allylic oxidation sites excluding steroid dienone is 2. The molecule has 0 amide bonds. The van der Waals surface area contributed by atoms with Gasteiger partial charge in [0.1, 0.15) is 6.34 Å². The standard InChI is InChI=1S/C9H14N2/c1-3-9-6-4-5-8(2)10-7-11-9/h6-7H,3-5H2,1-2H3/b9-6-,10-8+,11-7-. The van der Waals surface area contributed by atoms with Crippen LogP contribution in [0.2, 0.25) is 0 Å². The van der Waals surface area contributed by atoms with Gasteiger partial charge in [-0.25, -0.2) is 9.98 Å². The number of rotatable bonds is 1. The van der Waals surface area contributed by atoms with Crippen LogP contribution in [0.15, 0.2) is 21.8 Å². The van der Waals surface area contributed by atoms with Gasteiger partial charge < -0.3 is 0 Å². The molecular formula is C9H14N2. The number of nitrogens with zero attached hydrogens (tertiary/aromatic N) is 2. The van der Waals surface area contributed by atoms with Gasteiger partial charge in [0.05, 0.1) is 0 Å². The van der Waals surface area contributed by atoms with Crippen LogP contribution in [0.3, 0.4) is 0 Å². The second-order valence-corrected chi connectivity index (χ2v) is 2.70. The first-order valence-electron chi connectivity index (χ1n) is 4.07. The third-order valence-electron chi connectivity index (χ3n) is 1.75. The molecule has 0 spiro atoms. The van der Waals surface area contributed by atoms with Gasteiger partial charge in [0, 0.05) is 11.4 Å². The molecule has 0 unspecified atom stereocenters. The Hall–Kier alpha value is -0.920. The van der Waals surface area contributed by atoms with E-state index in [0.29, 0.717) is 0 Å². The summed E-state index contributed by atoms with van der Waals surface area (Å²) < 4.78 is 0. The molecule has 0 aromatic carbocycles. The van der Waals surface area contributed by atoms with Crippen LogP contribution in [-0.2, 0) is 0 Å². The number of hydrogen-bond donors (Lipinski definition) is 0. The first-order chi connectivity index (χ1) is 5.33. The Bertz CT molecular complexity index is 212. The van der Waals surface area contributed by atoms with Crippen molar-refractivity contribution in [3.8, 4) is 0 Å². The molecule has 1 aliphatic heterocycles. The lowest BCUT2D eigenvalue weighted by Crippen LogP contribution is -1.93. The summed E-state index contributed by atoms with van der Waals surface area (Å²) in [7, 11) is 0. The molecule has 2 nitrogen and oxygen atoms in total. The van der Waals surface area contributed by atoms with Gasteiger partial charge in [-0.15, -0.1) is 0 Å². The topological polar surface area (TPSA) is 24.7 Å². The van der Waals surface area contributed by atoms with Crippen LogP contribution < -0.4 is 0 Å². The Balaban J connectivity index is 2.68. The summed E-state index contributed by atoms with van der Waals surface area (Å²) in [5.74, 6) is 0. The van der Waals surface area contributed by atoms with Crippen molar-refractivity contribution < 1.29 is 0 Å². The highest BCUT2D eigenvalue weighted by Gasteiger charge is 1.94. The highest BCUT2D eigenvalue weighted by atomic mass is 14.9. The largest absolute Gasteiger partial charge is 0.246 e. The molecule has 2 heteroatoms. The Morgan fingerprint density at radius 3 is 3.09 bits per heavy atom. The van der Waals surface area contributed by atoms with Crippen molar-refractivity contribution in [1.82, 2.24) is 0 Å². The molecule has 1 heterocycles. The minimum absolute atomic E-state index is 1.01. The maximum atomic E-state index is 4.20. The Kier molecular flexibility index (Phi) is 3.02. The van der Waals surface area contributed by atoms with E-state index in [9.17, 15) is 0 Å². The number of hydrogen-bond acceptors (Lipinski definition) is 2. The van der Waals surface area contributed by atoms with Crippen molar-refractivity contribution >= 4 is 12.1 Å². The van der Waals surface area contributed by atoms with Gasteiger partial charge in [-0.05, 0) is 26.2 Å². The van der Waals surface area contributed by atoms with E-state index >= 15 is 0 Å². The molecule has 0 radical (unpaired) electrons. The van der Waals surface area contributed by atoms with Crippen LogP contribution in [0, 0.1) is 0 Å². The summed E-state index contributed by atoms with van der Waals surface area (Å²) in [4.78, 5) is 8.37. The Morgan fingerprint density at radius 1 is 1.55 bits per heavy atom. The first kappa shape index (κ1) is 8.18. The Morgan fingerprint density at radius 2 is 2.36 bits per heavy atom. The van der Waals surface area contributed by atoms with E-state index in [1.807, 2.05) is 6.92 Å². The van der Waals surface area contributed by atoms with Gasteiger partial charge in [-0.3, -0.25) is 0 Å². The summed E-state index contributed by atoms with van der Waals surface area (Å²) in [5.41, 5.74) is 2.32. The first-order valence-corrected chi connectivity index (χ1v) is 4.07. The second kappa shape index (κ2) is 4.06. The maximum absolute atomic E-state index is 4.20. The fourth-order valence-corrected chi connectivity index (χ4v) is 1.00. The fraction of sp³-hybridized carbons (Fsp3) is 0.556. The van der Waals surface area contributed by atoms with E-state index in [1.165, 1.54) is 5.71 Å². The Labute approximate surface area is 67.8 Å². The van der Waals surface area contributed by atoms with Gasteiger partial charge in [-0.2, -0.15) is 0 Å².